The molecule has 63 heavy (non-hydrogen) atoms. The lowest BCUT2D eigenvalue weighted by atomic mass is 9.63. The second-order valence-corrected chi connectivity index (χ2v) is 16.8. The molecule has 0 saturated carbocycles. The maximum atomic E-state index is 6.95. The second kappa shape index (κ2) is 15.2. The summed E-state index contributed by atoms with van der Waals surface area (Å²) in [5.41, 5.74) is 16.5. The molecule has 0 radical (unpaired) electrons. The highest BCUT2D eigenvalue weighted by atomic mass is 16.5. The van der Waals surface area contributed by atoms with Gasteiger partial charge in [-0.3, -0.25) is 0 Å². The van der Waals surface area contributed by atoms with Gasteiger partial charge in [-0.05, 0) is 103 Å². The number of anilines is 3. The summed E-state index contributed by atoms with van der Waals surface area (Å²) in [6.45, 7) is 0. The highest BCUT2D eigenvalue weighted by molar-refractivity contribution is 5.99. The summed E-state index contributed by atoms with van der Waals surface area (Å²) < 4.78 is 6.95. The van der Waals surface area contributed by atoms with Crippen LogP contribution in [0.5, 0.6) is 5.75 Å². The quantitative estimate of drug-likeness (QED) is 0.152. The van der Waals surface area contributed by atoms with E-state index >= 15 is 0 Å². The SMILES string of the molecule is c1ccc(-c2ccc(N(c3ccc(-c4ccc(-c5ccc6c(c5)C5Oc7ccccc7C5C6(c5ccccc5)c5ccccc5)cc4)cc3)c3cccc4ccccc34)cc2)cc1. The average Bonchev–Trinajstić information content (AvgIpc) is 3.89. The van der Waals surface area contributed by atoms with Gasteiger partial charge < -0.3 is 9.64 Å². The van der Waals surface area contributed by atoms with E-state index in [1.54, 1.807) is 0 Å². The Balaban J connectivity index is 0.893. The van der Waals surface area contributed by atoms with E-state index in [2.05, 4.69) is 254 Å². The van der Waals surface area contributed by atoms with Crippen molar-refractivity contribution in [2.75, 3.05) is 4.90 Å². The normalized spacial score (nSPS) is 15.6. The molecule has 2 heteroatoms. The van der Waals surface area contributed by atoms with Gasteiger partial charge in [0.25, 0.3) is 0 Å². The van der Waals surface area contributed by atoms with E-state index < -0.39 is 5.41 Å². The molecule has 0 spiro atoms. The lowest BCUT2D eigenvalue weighted by Gasteiger charge is -2.37. The lowest BCUT2D eigenvalue weighted by molar-refractivity contribution is 0.207. The number of rotatable bonds is 8. The van der Waals surface area contributed by atoms with Crippen molar-refractivity contribution < 1.29 is 4.74 Å². The molecule has 12 rings (SSSR count). The van der Waals surface area contributed by atoms with Gasteiger partial charge in [0.2, 0.25) is 0 Å². The minimum absolute atomic E-state index is 0.0966. The fourth-order valence-electron chi connectivity index (χ4n) is 10.6. The summed E-state index contributed by atoms with van der Waals surface area (Å²) in [7, 11) is 0. The Morgan fingerprint density at radius 3 is 1.48 bits per heavy atom. The smallest absolute Gasteiger partial charge is 0.133 e. The van der Waals surface area contributed by atoms with Gasteiger partial charge >= 0.3 is 0 Å². The zero-order chi connectivity index (χ0) is 41.7. The zero-order valence-electron chi connectivity index (χ0n) is 34.7. The Labute approximate surface area is 369 Å². The molecule has 2 nitrogen and oxygen atoms in total. The van der Waals surface area contributed by atoms with Crippen LogP contribution in [0.2, 0.25) is 0 Å². The summed E-state index contributed by atoms with van der Waals surface area (Å²) in [5, 5.41) is 2.43. The first-order valence-corrected chi connectivity index (χ1v) is 21.9. The van der Waals surface area contributed by atoms with Crippen LogP contribution in [0, 0.1) is 0 Å². The summed E-state index contributed by atoms with van der Waals surface area (Å²) in [4.78, 5) is 2.37. The number of nitrogens with zero attached hydrogens (tertiary/aromatic N) is 1. The Hall–Kier alpha value is -7.94. The van der Waals surface area contributed by atoms with Crippen LogP contribution in [0.1, 0.15) is 39.8 Å². The number of ether oxygens (including phenoxy) is 1. The Bertz CT molecular complexity index is 3190. The minimum Gasteiger partial charge on any atom is -0.485 e. The van der Waals surface area contributed by atoms with E-state index in [9.17, 15) is 0 Å². The van der Waals surface area contributed by atoms with Gasteiger partial charge in [-0.25, -0.2) is 0 Å². The first-order chi connectivity index (χ1) is 31.2. The van der Waals surface area contributed by atoms with E-state index in [0.29, 0.717) is 0 Å². The van der Waals surface area contributed by atoms with Crippen LogP contribution in [-0.2, 0) is 5.41 Å². The van der Waals surface area contributed by atoms with Crippen molar-refractivity contribution in [3.8, 4) is 39.1 Å². The maximum absolute atomic E-state index is 6.95. The van der Waals surface area contributed by atoms with E-state index in [1.807, 2.05) is 0 Å². The number of fused-ring (bicyclic) bond motifs is 6. The van der Waals surface area contributed by atoms with Gasteiger partial charge in [0.1, 0.15) is 11.9 Å². The Morgan fingerprint density at radius 2 is 0.841 bits per heavy atom. The van der Waals surface area contributed by atoms with Crippen molar-refractivity contribution in [3.63, 3.8) is 0 Å². The number of benzene rings is 10. The zero-order valence-corrected chi connectivity index (χ0v) is 34.7. The number of para-hydroxylation sites is 1. The molecule has 298 valence electrons. The molecule has 0 amide bonds. The van der Waals surface area contributed by atoms with Gasteiger partial charge in [0, 0.05) is 28.2 Å². The average molecular weight is 806 g/mol. The van der Waals surface area contributed by atoms with Crippen molar-refractivity contribution in [1.82, 2.24) is 0 Å². The maximum Gasteiger partial charge on any atom is 0.133 e. The molecule has 10 aromatic rings. The number of hydrogen-bond acceptors (Lipinski definition) is 2. The molecule has 0 aromatic heterocycles. The molecule has 0 N–H and O–H groups in total. The van der Waals surface area contributed by atoms with E-state index in [-0.39, 0.29) is 12.0 Å². The molecule has 1 aliphatic heterocycles. The third-order valence-corrected chi connectivity index (χ3v) is 13.4. The molecule has 1 heterocycles. The number of hydrogen-bond donors (Lipinski definition) is 0. The molecule has 0 saturated heterocycles. The van der Waals surface area contributed by atoms with Crippen molar-refractivity contribution >= 4 is 27.8 Å². The van der Waals surface area contributed by atoms with Gasteiger partial charge in [-0.2, -0.15) is 0 Å². The van der Waals surface area contributed by atoms with Crippen LogP contribution < -0.4 is 9.64 Å². The molecule has 1 aliphatic carbocycles. The van der Waals surface area contributed by atoms with E-state index in [4.69, 9.17) is 4.74 Å². The second-order valence-electron chi connectivity index (χ2n) is 16.8. The highest BCUT2D eigenvalue weighted by Crippen LogP contribution is 2.66. The first-order valence-electron chi connectivity index (χ1n) is 21.9. The lowest BCUT2D eigenvalue weighted by Crippen LogP contribution is -2.33. The summed E-state index contributed by atoms with van der Waals surface area (Å²) >= 11 is 0. The largest absolute Gasteiger partial charge is 0.485 e. The van der Waals surface area contributed by atoms with Gasteiger partial charge in [-0.15, -0.1) is 0 Å². The molecule has 2 aliphatic rings. The van der Waals surface area contributed by atoms with Crippen LogP contribution in [0.25, 0.3) is 44.2 Å². The molecule has 0 bridgehead atoms. The molecule has 2 unspecified atom stereocenters. The summed E-state index contributed by atoms with van der Waals surface area (Å²) in [6, 6.07) is 90.5. The van der Waals surface area contributed by atoms with Crippen LogP contribution in [0.3, 0.4) is 0 Å². The fourth-order valence-corrected chi connectivity index (χ4v) is 10.6. The van der Waals surface area contributed by atoms with Crippen molar-refractivity contribution in [2.24, 2.45) is 0 Å². The standard InChI is InChI=1S/C61H43NO/c1-4-15-42(16-5-1)44-31-36-51(37-32-44)62(57-25-14-18-47-17-10-11-23-53(47)57)52-38-33-45(34-39-52)43-27-29-46(30-28-43)48-35-40-56-55(41-48)60-59(54-24-12-13-26-58(54)63-60)61(56,49-19-6-2-7-20-49)50-21-8-3-9-22-50/h1-41,59-60H. The topological polar surface area (TPSA) is 12.5 Å². The fraction of sp³-hybridized carbons (Fsp3) is 0.0492. The molecule has 2 atom stereocenters. The molecular formula is C61H43NO. The van der Waals surface area contributed by atoms with Gasteiger partial charge in [0.15, 0.2) is 0 Å². The summed E-state index contributed by atoms with van der Waals surface area (Å²) in [6.07, 6.45) is -0.106. The summed E-state index contributed by atoms with van der Waals surface area (Å²) in [5.74, 6) is 1.08. The van der Waals surface area contributed by atoms with Crippen LogP contribution >= 0.6 is 0 Å². The van der Waals surface area contributed by atoms with Crippen molar-refractivity contribution in [1.29, 1.82) is 0 Å². The molecule has 10 aromatic carbocycles. The van der Waals surface area contributed by atoms with E-state index in [1.165, 1.54) is 72.0 Å². The molecular weight excluding hydrogens is 763 g/mol. The van der Waals surface area contributed by atoms with Gasteiger partial charge in [-0.1, -0.05) is 206 Å². The van der Waals surface area contributed by atoms with Crippen LogP contribution in [-0.4, -0.2) is 0 Å². The third kappa shape index (κ3) is 6.09. The highest BCUT2D eigenvalue weighted by Gasteiger charge is 2.59. The monoisotopic (exact) mass is 805 g/mol. The first kappa shape index (κ1) is 36.9. The minimum atomic E-state index is -0.404. The predicted molar refractivity (Wildman–Crippen MR) is 260 cm³/mol. The van der Waals surface area contributed by atoms with Crippen LogP contribution in [0.15, 0.2) is 249 Å². The Kier molecular flexibility index (Phi) is 8.90. The van der Waals surface area contributed by atoms with Crippen molar-refractivity contribution in [2.45, 2.75) is 17.4 Å². The predicted octanol–water partition coefficient (Wildman–Crippen LogP) is 15.9. The Morgan fingerprint density at radius 1 is 0.365 bits per heavy atom. The molecule has 0 fully saturated rings. The third-order valence-electron chi connectivity index (χ3n) is 13.4. The van der Waals surface area contributed by atoms with E-state index in [0.717, 1.165) is 22.8 Å². The van der Waals surface area contributed by atoms with Crippen molar-refractivity contribution in [3.05, 3.63) is 277 Å². The van der Waals surface area contributed by atoms with Crippen LogP contribution in [0.4, 0.5) is 17.1 Å². The van der Waals surface area contributed by atoms with Gasteiger partial charge in [0.05, 0.1) is 11.1 Å².